The number of aromatic nitrogens is 1. The molecule has 0 aliphatic carbocycles. The lowest BCUT2D eigenvalue weighted by Crippen LogP contribution is -2.49. The topological polar surface area (TPSA) is 36.4 Å². The van der Waals surface area contributed by atoms with E-state index in [9.17, 15) is 4.79 Å². The van der Waals surface area contributed by atoms with Crippen LogP contribution in [0.5, 0.6) is 0 Å². The van der Waals surface area contributed by atoms with Gasteiger partial charge >= 0.3 is 0 Å². The molecule has 1 saturated heterocycles. The highest BCUT2D eigenvalue weighted by Gasteiger charge is 2.29. The van der Waals surface area contributed by atoms with Gasteiger partial charge in [0.05, 0.1) is 0 Å². The summed E-state index contributed by atoms with van der Waals surface area (Å²) in [6.45, 7) is 4.23. The smallest absolute Gasteiger partial charge is 0.240 e. The molecule has 1 amide bonds. The second kappa shape index (κ2) is 9.72. The number of pyridine rings is 1. The van der Waals surface area contributed by atoms with Crippen LogP contribution in [-0.2, 0) is 11.3 Å². The Balaban J connectivity index is 1.43. The van der Waals surface area contributed by atoms with Gasteiger partial charge in [0.1, 0.15) is 5.25 Å². The fourth-order valence-electron chi connectivity index (χ4n) is 3.56. The summed E-state index contributed by atoms with van der Waals surface area (Å²) in [5.74, 6) is 0.202. The van der Waals surface area contributed by atoms with Gasteiger partial charge < -0.3 is 4.90 Å². The standard InChI is InChI=1S/C24H25N3OS/c28-24(27-17-15-26(16-18-27)19-20-11-13-25-14-12-20)23(21-7-3-1-4-8-21)29-22-9-5-2-6-10-22/h1-14,23H,15-19H2/t23-/m1/s1. The average molecular weight is 404 g/mol. The second-order valence-corrected chi connectivity index (χ2v) is 8.36. The first-order chi connectivity index (χ1) is 14.3. The molecule has 2 heterocycles. The normalized spacial score (nSPS) is 15.8. The number of nitrogens with zero attached hydrogens (tertiary/aromatic N) is 3. The zero-order valence-corrected chi connectivity index (χ0v) is 17.2. The van der Waals surface area contributed by atoms with Crippen molar-refractivity contribution in [3.63, 3.8) is 0 Å². The molecule has 0 N–H and O–H groups in total. The van der Waals surface area contributed by atoms with E-state index in [1.165, 1.54) is 5.56 Å². The highest BCUT2D eigenvalue weighted by Crippen LogP contribution is 2.36. The number of rotatable bonds is 6. The number of hydrogen-bond donors (Lipinski definition) is 0. The highest BCUT2D eigenvalue weighted by atomic mass is 32.2. The molecule has 0 radical (unpaired) electrons. The largest absolute Gasteiger partial charge is 0.339 e. The Kier molecular flexibility index (Phi) is 6.60. The minimum Gasteiger partial charge on any atom is -0.339 e. The summed E-state index contributed by atoms with van der Waals surface area (Å²) in [7, 11) is 0. The van der Waals surface area contributed by atoms with Gasteiger partial charge in [0, 0.05) is 50.0 Å². The zero-order valence-electron chi connectivity index (χ0n) is 16.4. The van der Waals surface area contributed by atoms with Crippen LogP contribution < -0.4 is 0 Å². The van der Waals surface area contributed by atoms with Crippen molar-refractivity contribution in [1.82, 2.24) is 14.8 Å². The van der Waals surface area contributed by atoms with Gasteiger partial charge in [-0.05, 0) is 35.4 Å². The van der Waals surface area contributed by atoms with E-state index in [2.05, 4.69) is 46.3 Å². The van der Waals surface area contributed by atoms with Gasteiger partial charge in [-0.1, -0.05) is 48.5 Å². The van der Waals surface area contributed by atoms with Gasteiger partial charge in [-0.25, -0.2) is 0 Å². The van der Waals surface area contributed by atoms with E-state index in [0.717, 1.165) is 43.2 Å². The average Bonchev–Trinajstić information content (AvgIpc) is 2.79. The molecule has 4 rings (SSSR count). The third-order valence-corrected chi connectivity index (χ3v) is 6.42. The number of thioether (sulfide) groups is 1. The summed E-state index contributed by atoms with van der Waals surface area (Å²) >= 11 is 1.64. The van der Waals surface area contributed by atoms with Crippen molar-refractivity contribution in [2.75, 3.05) is 26.2 Å². The van der Waals surface area contributed by atoms with Crippen LogP contribution in [0.1, 0.15) is 16.4 Å². The van der Waals surface area contributed by atoms with E-state index in [4.69, 9.17) is 0 Å². The van der Waals surface area contributed by atoms with Crippen molar-refractivity contribution in [2.24, 2.45) is 0 Å². The molecule has 1 fully saturated rings. The molecule has 0 saturated carbocycles. The molecular formula is C24H25N3OS. The summed E-state index contributed by atoms with van der Waals surface area (Å²) in [6, 6.07) is 24.4. The monoisotopic (exact) mass is 403 g/mol. The van der Waals surface area contributed by atoms with Crippen LogP contribution in [0.4, 0.5) is 0 Å². The number of hydrogen-bond acceptors (Lipinski definition) is 4. The van der Waals surface area contributed by atoms with Crippen molar-refractivity contribution in [3.05, 3.63) is 96.3 Å². The first kappa shape index (κ1) is 19.7. The summed E-state index contributed by atoms with van der Waals surface area (Å²) in [6.07, 6.45) is 3.67. The lowest BCUT2D eigenvalue weighted by atomic mass is 10.1. The van der Waals surface area contributed by atoms with Crippen molar-refractivity contribution in [2.45, 2.75) is 16.7 Å². The van der Waals surface area contributed by atoms with Gasteiger partial charge in [-0.2, -0.15) is 0 Å². The fraction of sp³-hybridized carbons (Fsp3) is 0.250. The third kappa shape index (κ3) is 5.25. The minimum atomic E-state index is -0.217. The Morgan fingerprint density at radius 1 is 0.862 bits per heavy atom. The number of benzene rings is 2. The molecule has 0 bridgehead atoms. The molecule has 29 heavy (non-hydrogen) atoms. The Morgan fingerprint density at radius 3 is 2.14 bits per heavy atom. The van der Waals surface area contributed by atoms with Crippen LogP contribution in [0.15, 0.2) is 90.1 Å². The van der Waals surface area contributed by atoms with E-state index in [0.29, 0.717) is 0 Å². The Bertz CT molecular complexity index is 897. The molecular weight excluding hydrogens is 378 g/mol. The van der Waals surface area contributed by atoms with E-state index >= 15 is 0 Å². The maximum atomic E-state index is 13.4. The van der Waals surface area contributed by atoms with E-state index in [1.807, 2.05) is 53.7 Å². The van der Waals surface area contributed by atoms with E-state index in [1.54, 1.807) is 11.8 Å². The molecule has 1 aromatic heterocycles. The van der Waals surface area contributed by atoms with Gasteiger partial charge in [0.2, 0.25) is 5.91 Å². The molecule has 4 nitrogen and oxygen atoms in total. The zero-order chi connectivity index (χ0) is 19.9. The lowest BCUT2D eigenvalue weighted by molar-refractivity contribution is -0.132. The molecule has 1 aliphatic heterocycles. The van der Waals surface area contributed by atoms with Gasteiger partial charge in [-0.3, -0.25) is 14.7 Å². The predicted molar refractivity (Wildman–Crippen MR) is 118 cm³/mol. The molecule has 0 spiro atoms. The summed E-state index contributed by atoms with van der Waals surface area (Å²) in [4.78, 5) is 23.1. The molecule has 148 valence electrons. The van der Waals surface area contributed by atoms with Crippen molar-refractivity contribution in [1.29, 1.82) is 0 Å². The maximum Gasteiger partial charge on any atom is 0.240 e. The van der Waals surface area contributed by atoms with Gasteiger partial charge in [0.15, 0.2) is 0 Å². The molecule has 5 heteroatoms. The Hall–Kier alpha value is -2.63. The second-order valence-electron chi connectivity index (χ2n) is 7.18. The number of piperazine rings is 1. The van der Waals surface area contributed by atoms with Crippen LogP contribution in [0.2, 0.25) is 0 Å². The maximum absolute atomic E-state index is 13.4. The molecule has 3 aromatic rings. The summed E-state index contributed by atoms with van der Waals surface area (Å²) in [5.41, 5.74) is 2.33. The van der Waals surface area contributed by atoms with Gasteiger partial charge in [0.25, 0.3) is 0 Å². The summed E-state index contributed by atoms with van der Waals surface area (Å²) in [5, 5.41) is -0.217. The molecule has 2 aromatic carbocycles. The van der Waals surface area contributed by atoms with Crippen molar-refractivity contribution >= 4 is 17.7 Å². The number of amides is 1. The molecule has 1 aliphatic rings. The van der Waals surface area contributed by atoms with Crippen LogP contribution in [-0.4, -0.2) is 46.9 Å². The van der Waals surface area contributed by atoms with Gasteiger partial charge in [-0.15, -0.1) is 11.8 Å². The predicted octanol–water partition coefficient (Wildman–Crippen LogP) is 4.26. The Labute approximate surface area is 176 Å². The molecule has 0 unspecified atom stereocenters. The van der Waals surface area contributed by atoms with Crippen LogP contribution in [0.3, 0.4) is 0 Å². The van der Waals surface area contributed by atoms with Crippen molar-refractivity contribution in [3.8, 4) is 0 Å². The number of carbonyl (C=O) groups is 1. The lowest BCUT2D eigenvalue weighted by Gasteiger charge is -2.36. The minimum absolute atomic E-state index is 0.202. The quantitative estimate of drug-likeness (QED) is 0.576. The van der Waals surface area contributed by atoms with Crippen LogP contribution in [0.25, 0.3) is 0 Å². The van der Waals surface area contributed by atoms with E-state index in [-0.39, 0.29) is 11.2 Å². The number of carbonyl (C=O) groups excluding carboxylic acids is 1. The molecule has 1 atom stereocenters. The van der Waals surface area contributed by atoms with Crippen LogP contribution >= 0.6 is 11.8 Å². The highest BCUT2D eigenvalue weighted by molar-refractivity contribution is 8.00. The first-order valence-corrected chi connectivity index (χ1v) is 10.8. The fourth-order valence-corrected chi connectivity index (χ4v) is 4.69. The first-order valence-electron chi connectivity index (χ1n) is 9.96. The van der Waals surface area contributed by atoms with E-state index < -0.39 is 0 Å². The van der Waals surface area contributed by atoms with Crippen LogP contribution in [0, 0.1) is 0 Å². The third-order valence-electron chi connectivity index (χ3n) is 5.16. The summed E-state index contributed by atoms with van der Waals surface area (Å²) < 4.78 is 0. The Morgan fingerprint density at radius 2 is 1.48 bits per heavy atom. The SMILES string of the molecule is O=C([C@H](Sc1ccccc1)c1ccccc1)N1CCN(Cc2ccncc2)CC1. The van der Waals surface area contributed by atoms with Crippen molar-refractivity contribution < 1.29 is 4.79 Å².